The van der Waals surface area contributed by atoms with Gasteiger partial charge in [-0.15, -0.1) is 0 Å². The van der Waals surface area contributed by atoms with Crippen LogP contribution in [0.25, 0.3) is 0 Å². The first-order valence-electron chi connectivity index (χ1n) is 7.49. The van der Waals surface area contributed by atoms with Crippen LogP contribution in [0.1, 0.15) is 23.6 Å². The summed E-state index contributed by atoms with van der Waals surface area (Å²) >= 11 is 5.87. The summed E-state index contributed by atoms with van der Waals surface area (Å²) in [6, 6.07) is 8.24. The number of hydrogen-bond acceptors (Lipinski definition) is 2. The van der Waals surface area contributed by atoms with Gasteiger partial charge in [0.15, 0.2) is 6.10 Å². The third kappa shape index (κ3) is 5.13. The minimum absolute atomic E-state index is 0.0138. The molecule has 0 aliphatic carbocycles. The molecule has 1 atom stereocenters. The lowest BCUT2D eigenvalue weighted by molar-refractivity contribution is -0.137. The van der Waals surface area contributed by atoms with Gasteiger partial charge in [0.2, 0.25) is 0 Å². The fraction of sp³-hybridized carbons (Fsp3) is 0.278. The standard InChI is InChI=1S/C18H17ClF3NO2/c1-10-6-11(2)8-14(7-10)25-12(3)17(24)23-16-9-13(18(20,21)22)4-5-15(16)19/h4-9,12H,1-3H3,(H,23,24). The Balaban J connectivity index is 2.13. The maximum Gasteiger partial charge on any atom is 0.416 e. The Labute approximate surface area is 148 Å². The number of ether oxygens (including phenoxy) is 1. The topological polar surface area (TPSA) is 38.3 Å². The molecule has 0 bridgehead atoms. The summed E-state index contributed by atoms with van der Waals surface area (Å²) in [6.07, 6.45) is -5.43. The number of anilines is 1. The molecule has 0 aliphatic rings. The number of alkyl halides is 3. The molecule has 3 nitrogen and oxygen atoms in total. The average Bonchev–Trinajstić information content (AvgIpc) is 2.47. The number of amides is 1. The van der Waals surface area contributed by atoms with E-state index in [0.29, 0.717) is 5.75 Å². The van der Waals surface area contributed by atoms with Gasteiger partial charge in [-0.2, -0.15) is 13.2 Å². The van der Waals surface area contributed by atoms with Crippen LogP contribution >= 0.6 is 11.6 Å². The first-order chi connectivity index (χ1) is 11.6. The molecular formula is C18H17ClF3NO2. The highest BCUT2D eigenvalue weighted by atomic mass is 35.5. The van der Waals surface area contributed by atoms with Gasteiger partial charge in [-0.3, -0.25) is 4.79 Å². The van der Waals surface area contributed by atoms with E-state index in [4.69, 9.17) is 16.3 Å². The largest absolute Gasteiger partial charge is 0.481 e. The van der Waals surface area contributed by atoms with E-state index in [9.17, 15) is 18.0 Å². The normalized spacial score (nSPS) is 12.6. The molecule has 0 heterocycles. The van der Waals surface area contributed by atoms with Crippen LogP contribution in [0.4, 0.5) is 18.9 Å². The van der Waals surface area contributed by atoms with Crippen LogP contribution < -0.4 is 10.1 Å². The number of carbonyl (C=O) groups excluding carboxylic acids is 1. The number of carbonyl (C=O) groups is 1. The van der Waals surface area contributed by atoms with Crippen LogP contribution in [0.3, 0.4) is 0 Å². The highest BCUT2D eigenvalue weighted by molar-refractivity contribution is 6.33. The van der Waals surface area contributed by atoms with Gasteiger partial charge in [-0.1, -0.05) is 17.7 Å². The van der Waals surface area contributed by atoms with Crippen LogP contribution in [-0.4, -0.2) is 12.0 Å². The maximum atomic E-state index is 12.8. The van der Waals surface area contributed by atoms with Crippen LogP contribution in [0.15, 0.2) is 36.4 Å². The second kappa shape index (κ2) is 7.35. The minimum Gasteiger partial charge on any atom is -0.481 e. The summed E-state index contributed by atoms with van der Waals surface area (Å²) in [5.74, 6) is -0.0873. The molecule has 2 rings (SSSR count). The molecular weight excluding hydrogens is 355 g/mol. The second-order valence-electron chi connectivity index (χ2n) is 5.77. The lowest BCUT2D eigenvalue weighted by atomic mass is 10.1. The predicted molar refractivity (Wildman–Crippen MR) is 91.1 cm³/mol. The fourth-order valence-corrected chi connectivity index (χ4v) is 2.46. The van der Waals surface area contributed by atoms with Crippen molar-refractivity contribution in [2.24, 2.45) is 0 Å². The lowest BCUT2D eigenvalue weighted by Crippen LogP contribution is -2.30. The monoisotopic (exact) mass is 371 g/mol. The zero-order valence-electron chi connectivity index (χ0n) is 13.9. The molecule has 7 heteroatoms. The van der Waals surface area contributed by atoms with E-state index in [2.05, 4.69) is 5.32 Å². The zero-order chi connectivity index (χ0) is 18.8. The summed E-state index contributed by atoms with van der Waals surface area (Å²) in [5, 5.41) is 2.39. The van der Waals surface area contributed by atoms with Crippen LogP contribution in [0.5, 0.6) is 5.75 Å². The molecule has 2 aromatic rings. The van der Waals surface area contributed by atoms with E-state index in [1.54, 1.807) is 12.1 Å². The van der Waals surface area contributed by atoms with Gasteiger partial charge < -0.3 is 10.1 Å². The fourth-order valence-electron chi connectivity index (χ4n) is 2.29. The van der Waals surface area contributed by atoms with Crippen molar-refractivity contribution < 1.29 is 22.7 Å². The summed E-state index contributed by atoms with van der Waals surface area (Å²) < 4.78 is 43.9. The Kier molecular flexibility index (Phi) is 5.62. The smallest absolute Gasteiger partial charge is 0.416 e. The van der Waals surface area contributed by atoms with E-state index in [1.165, 1.54) is 6.92 Å². The quantitative estimate of drug-likeness (QED) is 0.783. The number of halogens is 4. The van der Waals surface area contributed by atoms with Gasteiger partial charge in [0.1, 0.15) is 5.75 Å². The molecule has 0 aliphatic heterocycles. The van der Waals surface area contributed by atoms with E-state index in [0.717, 1.165) is 29.3 Å². The number of nitrogens with one attached hydrogen (secondary N) is 1. The highest BCUT2D eigenvalue weighted by Crippen LogP contribution is 2.34. The Morgan fingerprint density at radius 2 is 1.72 bits per heavy atom. The number of aryl methyl sites for hydroxylation is 2. The summed E-state index contributed by atoms with van der Waals surface area (Å²) in [6.45, 7) is 5.30. The van der Waals surface area contributed by atoms with Crippen molar-refractivity contribution in [3.05, 3.63) is 58.1 Å². The molecule has 2 aromatic carbocycles. The Bertz CT molecular complexity index is 770. The van der Waals surface area contributed by atoms with Crippen molar-refractivity contribution in [3.8, 4) is 5.75 Å². The summed E-state index contributed by atoms with van der Waals surface area (Å²) in [7, 11) is 0. The predicted octanol–water partition coefficient (Wildman–Crippen LogP) is 5.38. The molecule has 0 aromatic heterocycles. The van der Waals surface area contributed by atoms with Gasteiger partial charge in [0, 0.05) is 0 Å². The molecule has 0 saturated heterocycles. The van der Waals surface area contributed by atoms with Crippen LogP contribution in [0, 0.1) is 13.8 Å². The molecule has 0 fully saturated rings. The van der Waals surface area contributed by atoms with E-state index in [-0.39, 0.29) is 10.7 Å². The van der Waals surface area contributed by atoms with Crippen molar-refractivity contribution in [3.63, 3.8) is 0 Å². The Morgan fingerprint density at radius 3 is 2.28 bits per heavy atom. The molecule has 0 saturated carbocycles. The molecule has 134 valence electrons. The van der Waals surface area contributed by atoms with Crippen molar-refractivity contribution in [1.82, 2.24) is 0 Å². The van der Waals surface area contributed by atoms with E-state index in [1.807, 2.05) is 19.9 Å². The highest BCUT2D eigenvalue weighted by Gasteiger charge is 2.31. The molecule has 0 radical (unpaired) electrons. The summed E-state index contributed by atoms with van der Waals surface area (Å²) in [5.41, 5.74) is 0.944. The number of benzene rings is 2. The van der Waals surface area contributed by atoms with Crippen molar-refractivity contribution >= 4 is 23.2 Å². The Morgan fingerprint density at radius 1 is 1.12 bits per heavy atom. The van der Waals surface area contributed by atoms with Gasteiger partial charge in [-0.25, -0.2) is 0 Å². The summed E-state index contributed by atoms with van der Waals surface area (Å²) in [4.78, 5) is 12.2. The Hall–Kier alpha value is -2.21. The number of rotatable bonds is 4. The first-order valence-corrected chi connectivity index (χ1v) is 7.86. The molecule has 1 N–H and O–H groups in total. The van der Waals surface area contributed by atoms with Crippen LogP contribution in [-0.2, 0) is 11.0 Å². The molecule has 1 amide bonds. The van der Waals surface area contributed by atoms with Crippen LogP contribution in [0.2, 0.25) is 5.02 Å². The van der Waals surface area contributed by atoms with E-state index < -0.39 is 23.8 Å². The van der Waals surface area contributed by atoms with Crippen molar-refractivity contribution in [2.45, 2.75) is 33.1 Å². The van der Waals surface area contributed by atoms with Gasteiger partial charge in [-0.05, 0) is 62.2 Å². The maximum absolute atomic E-state index is 12.8. The third-order valence-corrected chi connectivity index (χ3v) is 3.76. The van der Waals surface area contributed by atoms with Gasteiger partial charge in [0.25, 0.3) is 5.91 Å². The van der Waals surface area contributed by atoms with E-state index >= 15 is 0 Å². The van der Waals surface area contributed by atoms with Crippen molar-refractivity contribution in [1.29, 1.82) is 0 Å². The second-order valence-corrected chi connectivity index (χ2v) is 6.17. The SMILES string of the molecule is Cc1cc(C)cc(OC(C)C(=O)Nc2cc(C(F)(F)F)ccc2Cl)c1. The number of hydrogen-bond donors (Lipinski definition) is 1. The average molecular weight is 372 g/mol. The first kappa shape index (κ1) is 19.1. The van der Waals surface area contributed by atoms with Crippen molar-refractivity contribution in [2.75, 3.05) is 5.32 Å². The van der Waals surface area contributed by atoms with Gasteiger partial charge in [0.05, 0.1) is 16.3 Å². The zero-order valence-corrected chi connectivity index (χ0v) is 14.6. The minimum atomic E-state index is -4.52. The molecule has 1 unspecified atom stereocenters. The molecule has 0 spiro atoms. The lowest BCUT2D eigenvalue weighted by Gasteiger charge is -2.17. The molecule has 25 heavy (non-hydrogen) atoms. The van der Waals surface area contributed by atoms with Gasteiger partial charge >= 0.3 is 6.18 Å². The third-order valence-electron chi connectivity index (χ3n) is 3.43.